The van der Waals surface area contributed by atoms with Gasteiger partial charge in [-0.15, -0.1) is 0 Å². The average Bonchev–Trinajstić information content (AvgIpc) is 2.68. The molecule has 3 N–H and O–H groups in total. The van der Waals surface area contributed by atoms with Crippen LogP contribution in [0.5, 0.6) is 0 Å². The second-order valence-electron chi connectivity index (χ2n) is 6.89. The molecule has 1 aromatic rings. The first-order valence-electron chi connectivity index (χ1n) is 8.66. The molecule has 2 heterocycles. The summed E-state index contributed by atoms with van der Waals surface area (Å²) in [5, 5.41) is 2.95. The van der Waals surface area contributed by atoms with Crippen LogP contribution in [0.1, 0.15) is 25.8 Å². The van der Waals surface area contributed by atoms with Gasteiger partial charge in [-0.25, -0.2) is 4.79 Å². The van der Waals surface area contributed by atoms with Gasteiger partial charge >= 0.3 is 6.03 Å². The minimum Gasteiger partial charge on any atom is -0.369 e. The Balaban J connectivity index is 1.88. The molecule has 2 aliphatic heterocycles. The molecule has 0 unspecified atom stereocenters. The molecule has 0 saturated carbocycles. The minimum atomic E-state index is -0.544. The summed E-state index contributed by atoms with van der Waals surface area (Å²) in [6, 6.07) is 6.76. The van der Waals surface area contributed by atoms with Crippen LogP contribution in [0.25, 0.3) is 0 Å². The zero-order chi connectivity index (χ0) is 18.1. The third-order valence-electron chi connectivity index (χ3n) is 5.20. The molecule has 134 valence electrons. The van der Waals surface area contributed by atoms with E-state index in [9.17, 15) is 14.4 Å². The molecule has 7 nitrogen and oxygen atoms in total. The number of benzene rings is 1. The first-order valence-corrected chi connectivity index (χ1v) is 8.66. The van der Waals surface area contributed by atoms with Gasteiger partial charge in [-0.05, 0) is 17.5 Å². The molecule has 0 aliphatic carbocycles. The Labute approximate surface area is 147 Å². The topological polar surface area (TPSA) is 95.7 Å². The Bertz CT molecular complexity index is 699. The van der Waals surface area contributed by atoms with Gasteiger partial charge in [-0.2, -0.15) is 0 Å². The highest BCUT2D eigenvalue weighted by Gasteiger charge is 2.42. The van der Waals surface area contributed by atoms with Crippen LogP contribution in [0.3, 0.4) is 0 Å². The van der Waals surface area contributed by atoms with Gasteiger partial charge in [0.1, 0.15) is 6.04 Å². The van der Waals surface area contributed by atoms with Crippen LogP contribution >= 0.6 is 0 Å². The maximum Gasteiger partial charge on any atom is 0.321 e. The standard InChI is InChI=1S/C18H24N4O3/c1-3-11(2)15-17(24)20-14-7-5-4-6-12(14)10-22(15)18(25)21-8-13(9-21)16(19)23/h4-7,11,13,15H,3,8-10H2,1-2H3,(H2,19,23)(H,20,24)/t11-,15-/m0/s1. The van der Waals surface area contributed by atoms with Gasteiger partial charge < -0.3 is 20.9 Å². The lowest BCUT2D eigenvalue weighted by atomic mass is 9.96. The lowest BCUT2D eigenvalue weighted by Gasteiger charge is -2.42. The maximum atomic E-state index is 13.0. The molecule has 1 aromatic carbocycles. The second-order valence-corrected chi connectivity index (χ2v) is 6.89. The van der Waals surface area contributed by atoms with Gasteiger partial charge in [-0.1, -0.05) is 38.5 Å². The van der Waals surface area contributed by atoms with Crippen molar-refractivity contribution in [2.45, 2.75) is 32.9 Å². The highest BCUT2D eigenvalue weighted by Crippen LogP contribution is 2.29. The molecular formula is C18H24N4O3. The largest absolute Gasteiger partial charge is 0.369 e. The Kier molecular flexibility index (Phi) is 4.65. The zero-order valence-electron chi connectivity index (χ0n) is 14.6. The van der Waals surface area contributed by atoms with E-state index in [-0.39, 0.29) is 29.7 Å². The fraction of sp³-hybridized carbons (Fsp3) is 0.500. The van der Waals surface area contributed by atoms with Crippen molar-refractivity contribution in [3.63, 3.8) is 0 Å². The summed E-state index contributed by atoms with van der Waals surface area (Å²) in [5.41, 5.74) is 6.94. The van der Waals surface area contributed by atoms with Gasteiger partial charge in [0.05, 0.1) is 12.5 Å². The van der Waals surface area contributed by atoms with Crippen LogP contribution in [0.4, 0.5) is 10.5 Å². The minimum absolute atomic E-state index is 0.0199. The normalized spacial score (nSPS) is 21.7. The summed E-state index contributed by atoms with van der Waals surface area (Å²) in [7, 11) is 0. The number of nitrogens with two attached hydrogens (primary N) is 1. The molecule has 2 aliphatic rings. The summed E-state index contributed by atoms with van der Waals surface area (Å²) in [4.78, 5) is 40.2. The number of anilines is 1. The number of nitrogens with zero attached hydrogens (tertiary/aromatic N) is 2. The number of carbonyl (C=O) groups is 3. The fourth-order valence-electron chi connectivity index (χ4n) is 3.38. The van der Waals surface area contributed by atoms with E-state index in [1.54, 1.807) is 9.80 Å². The third kappa shape index (κ3) is 3.18. The second kappa shape index (κ2) is 6.74. The van der Waals surface area contributed by atoms with E-state index in [1.807, 2.05) is 38.1 Å². The number of urea groups is 1. The third-order valence-corrected chi connectivity index (χ3v) is 5.20. The molecule has 3 rings (SSSR count). The van der Waals surface area contributed by atoms with Crippen LogP contribution in [0, 0.1) is 11.8 Å². The van der Waals surface area contributed by atoms with Crippen molar-refractivity contribution >= 4 is 23.5 Å². The summed E-state index contributed by atoms with van der Waals surface area (Å²) in [6.45, 7) is 4.98. The Morgan fingerprint density at radius 1 is 1.32 bits per heavy atom. The Hall–Kier alpha value is -2.57. The number of hydrogen-bond donors (Lipinski definition) is 2. The van der Waals surface area contributed by atoms with Crippen molar-refractivity contribution in [2.75, 3.05) is 18.4 Å². The molecule has 25 heavy (non-hydrogen) atoms. The highest BCUT2D eigenvalue weighted by atomic mass is 16.2. The average molecular weight is 344 g/mol. The van der Waals surface area contributed by atoms with Crippen LogP contribution < -0.4 is 11.1 Å². The van der Waals surface area contributed by atoms with E-state index in [0.717, 1.165) is 17.7 Å². The zero-order valence-corrected chi connectivity index (χ0v) is 14.6. The highest BCUT2D eigenvalue weighted by molar-refractivity contribution is 5.99. The smallest absolute Gasteiger partial charge is 0.321 e. The number of hydrogen-bond acceptors (Lipinski definition) is 3. The summed E-state index contributed by atoms with van der Waals surface area (Å²) in [5.74, 6) is -0.827. The van der Waals surface area contributed by atoms with Gasteiger partial charge in [-0.3, -0.25) is 9.59 Å². The Morgan fingerprint density at radius 3 is 2.64 bits per heavy atom. The monoisotopic (exact) mass is 344 g/mol. The Morgan fingerprint density at radius 2 is 2.00 bits per heavy atom. The number of carbonyl (C=O) groups excluding carboxylic acids is 3. The summed E-state index contributed by atoms with van der Waals surface area (Å²) < 4.78 is 0. The van der Waals surface area contributed by atoms with Crippen molar-refractivity contribution in [1.82, 2.24) is 9.80 Å². The SMILES string of the molecule is CC[C@H](C)[C@H]1C(=O)Nc2ccccc2CN1C(=O)N1CC(C(N)=O)C1. The van der Waals surface area contributed by atoms with E-state index in [2.05, 4.69) is 5.32 Å². The van der Waals surface area contributed by atoms with Crippen molar-refractivity contribution in [1.29, 1.82) is 0 Å². The van der Waals surface area contributed by atoms with Gasteiger partial charge in [0.15, 0.2) is 0 Å². The number of para-hydroxylation sites is 1. The summed E-state index contributed by atoms with van der Waals surface area (Å²) in [6.07, 6.45) is 0.780. The van der Waals surface area contributed by atoms with Gasteiger partial charge in [0, 0.05) is 18.8 Å². The number of likely N-dealkylation sites (tertiary alicyclic amines) is 1. The van der Waals surface area contributed by atoms with Gasteiger partial charge in [0.25, 0.3) is 0 Å². The first-order chi connectivity index (χ1) is 11.9. The predicted molar refractivity (Wildman–Crippen MR) is 93.5 cm³/mol. The number of nitrogens with one attached hydrogen (secondary N) is 1. The number of primary amides is 1. The molecule has 1 saturated heterocycles. The molecule has 0 aromatic heterocycles. The molecular weight excluding hydrogens is 320 g/mol. The van der Waals surface area contributed by atoms with Crippen molar-refractivity contribution in [2.24, 2.45) is 17.6 Å². The quantitative estimate of drug-likeness (QED) is 0.867. The number of rotatable bonds is 3. The lowest BCUT2D eigenvalue weighted by Crippen LogP contribution is -2.61. The molecule has 7 heteroatoms. The number of amides is 4. The van der Waals surface area contributed by atoms with E-state index in [0.29, 0.717) is 19.6 Å². The molecule has 2 atom stereocenters. The van der Waals surface area contributed by atoms with Crippen molar-refractivity contribution in [3.05, 3.63) is 29.8 Å². The van der Waals surface area contributed by atoms with Crippen LogP contribution in [-0.4, -0.2) is 46.8 Å². The van der Waals surface area contributed by atoms with E-state index < -0.39 is 6.04 Å². The van der Waals surface area contributed by atoms with Crippen LogP contribution in [0.15, 0.2) is 24.3 Å². The van der Waals surface area contributed by atoms with Crippen LogP contribution in [0.2, 0.25) is 0 Å². The molecule has 1 fully saturated rings. The lowest BCUT2D eigenvalue weighted by molar-refractivity contribution is -0.127. The van der Waals surface area contributed by atoms with E-state index in [4.69, 9.17) is 5.73 Å². The summed E-state index contributed by atoms with van der Waals surface area (Å²) >= 11 is 0. The molecule has 0 spiro atoms. The molecule has 0 bridgehead atoms. The first kappa shape index (κ1) is 17.3. The maximum absolute atomic E-state index is 13.0. The molecule has 4 amide bonds. The van der Waals surface area contributed by atoms with Crippen molar-refractivity contribution < 1.29 is 14.4 Å². The van der Waals surface area contributed by atoms with Crippen molar-refractivity contribution in [3.8, 4) is 0 Å². The van der Waals surface area contributed by atoms with Gasteiger partial charge in [0.2, 0.25) is 11.8 Å². The predicted octanol–water partition coefficient (Wildman–Crippen LogP) is 1.39. The fourth-order valence-corrected chi connectivity index (χ4v) is 3.38. The number of fused-ring (bicyclic) bond motifs is 1. The molecule has 0 radical (unpaired) electrons. The van der Waals surface area contributed by atoms with Crippen LogP contribution in [-0.2, 0) is 16.1 Å². The van der Waals surface area contributed by atoms with E-state index >= 15 is 0 Å². The van der Waals surface area contributed by atoms with E-state index in [1.165, 1.54) is 0 Å².